The summed E-state index contributed by atoms with van der Waals surface area (Å²) in [6, 6.07) is 7.91. The van der Waals surface area contributed by atoms with E-state index >= 15 is 0 Å². The molecule has 4 N–H and O–H groups in total. The predicted octanol–water partition coefficient (Wildman–Crippen LogP) is 0.740. The molecular formula is C11H16N2O. The third-order valence-electron chi connectivity index (χ3n) is 2.25. The Balaban J connectivity index is 2.79. The molecule has 0 saturated heterocycles. The van der Waals surface area contributed by atoms with Crippen LogP contribution in [0, 0.1) is 6.92 Å². The van der Waals surface area contributed by atoms with E-state index in [1.165, 1.54) is 5.56 Å². The minimum atomic E-state index is -0.963. The van der Waals surface area contributed by atoms with Crippen molar-refractivity contribution in [3.63, 3.8) is 0 Å². The van der Waals surface area contributed by atoms with Gasteiger partial charge in [0.2, 0.25) is 5.91 Å². The van der Waals surface area contributed by atoms with E-state index in [0.29, 0.717) is 6.42 Å². The van der Waals surface area contributed by atoms with Gasteiger partial charge in [0.05, 0.1) is 5.54 Å². The monoisotopic (exact) mass is 192 g/mol. The molecule has 0 radical (unpaired) electrons. The lowest BCUT2D eigenvalue weighted by molar-refractivity contribution is -0.122. The van der Waals surface area contributed by atoms with Crippen molar-refractivity contribution in [3.8, 4) is 0 Å². The molecule has 0 aliphatic heterocycles. The van der Waals surface area contributed by atoms with Crippen molar-refractivity contribution in [1.29, 1.82) is 0 Å². The molecule has 1 rings (SSSR count). The molecule has 1 aromatic rings. The van der Waals surface area contributed by atoms with Gasteiger partial charge in [-0.15, -0.1) is 0 Å². The average Bonchev–Trinajstić information content (AvgIpc) is 2.08. The number of primary amides is 1. The minimum absolute atomic E-state index is 0.474. The maximum absolute atomic E-state index is 11.0. The van der Waals surface area contributed by atoms with Gasteiger partial charge in [0.15, 0.2) is 0 Å². The number of nitrogens with two attached hydrogens (primary N) is 2. The zero-order chi connectivity index (χ0) is 10.8. The summed E-state index contributed by atoms with van der Waals surface area (Å²) in [5, 5.41) is 0. The maximum atomic E-state index is 11.0. The van der Waals surface area contributed by atoms with E-state index in [2.05, 4.69) is 0 Å². The van der Waals surface area contributed by atoms with Gasteiger partial charge in [0.25, 0.3) is 0 Å². The standard InChI is InChI=1S/C11H16N2O/c1-8-3-5-9(6-4-8)7-11(2,13)10(12)14/h3-6H,7,13H2,1-2H3,(H2,12,14)/t11-/m0/s1. The summed E-state index contributed by atoms with van der Waals surface area (Å²) >= 11 is 0. The average molecular weight is 192 g/mol. The molecule has 0 saturated carbocycles. The highest BCUT2D eigenvalue weighted by Crippen LogP contribution is 2.11. The molecule has 0 aliphatic rings. The van der Waals surface area contributed by atoms with Crippen molar-refractivity contribution in [1.82, 2.24) is 0 Å². The van der Waals surface area contributed by atoms with E-state index in [4.69, 9.17) is 11.5 Å². The van der Waals surface area contributed by atoms with Crippen molar-refractivity contribution >= 4 is 5.91 Å². The topological polar surface area (TPSA) is 69.1 Å². The van der Waals surface area contributed by atoms with Crippen LogP contribution in [0.5, 0.6) is 0 Å². The van der Waals surface area contributed by atoms with Gasteiger partial charge < -0.3 is 11.5 Å². The SMILES string of the molecule is Cc1ccc(C[C@](C)(N)C(N)=O)cc1. The fourth-order valence-electron chi connectivity index (χ4n) is 1.22. The van der Waals surface area contributed by atoms with Crippen molar-refractivity contribution in [2.24, 2.45) is 11.5 Å². The minimum Gasteiger partial charge on any atom is -0.368 e. The second-order valence-electron chi connectivity index (χ2n) is 3.94. The van der Waals surface area contributed by atoms with Gasteiger partial charge in [0.1, 0.15) is 0 Å². The van der Waals surface area contributed by atoms with Crippen molar-refractivity contribution in [2.75, 3.05) is 0 Å². The number of hydrogen-bond donors (Lipinski definition) is 2. The van der Waals surface area contributed by atoms with Crippen LogP contribution in [0.3, 0.4) is 0 Å². The molecule has 1 amide bonds. The first-order valence-corrected chi connectivity index (χ1v) is 4.56. The first-order chi connectivity index (χ1) is 6.42. The van der Waals surface area contributed by atoms with Crippen LogP contribution in [0.25, 0.3) is 0 Å². The van der Waals surface area contributed by atoms with Gasteiger partial charge in [-0.25, -0.2) is 0 Å². The third kappa shape index (κ3) is 2.57. The third-order valence-corrected chi connectivity index (χ3v) is 2.25. The lowest BCUT2D eigenvalue weighted by Crippen LogP contribution is -2.51. The molecular weight excluding hydrogens is 176 g/mol. The number of benzene rings is 1. The highest BCUT2D eigenvalue weighted by molar-refractivity contribution is 5.84. The Bertz CT molecular complexity index is 328. The number of amides is 1. The molecule has 3 nitrogen and oxygen atoms in total. The molecule has 14 heavy (non-hydrogen) atoms. The van der Waals surface area contributed by atoms with Crippen molar-refractivity contribution in [2.45, 2.75) is 25.8 Å². The Hall–Kier alpha value is -1.35. The van der Waals surface area contributed by atoms with Crippen LogP contribution in [0.4, 0.5) is 0 Å². The number of carbonyl (C=O) groups is 1. The summed E-state index contributed by atoms with van der Waals surface area (Å²) < 4.78 is 0. The molecule has 0 aromatic heterocycles. The molecule has 1 aromatic carbocycles. The lowest BCUT2D eigenvalue weighted by Gasteiger charge is -2.20. The summed E-state index contributed by atoms with van der Waals surface area (Å²) in [7, 11) is 0. The van der Waals surface area contributed by atoms with Gasteiger partial charge in [0, 0.05) is 0 Å². The van der Waals surface area contributed by atoms with Gasteiger partial charge in [-0.05, 0) is 25.8 Å². The second-order valence-corrected chi connectivity index (χ2v) is 3.94. The van der Waals surface area contributed by atoms with Crippen LogP contribution >= 0.6 is 0 Å². The quantitative estimate of drug-likeness (QED) is 0.741. The Labute approximate surface area is 84.1 Å². The normalized spacial score (nSPS) is 14.8. The van der Waals surface area contributed by atoms with E-state index < -0.39 is 11.4 Å². The molecule has 3 heteroatoms. The van der Waals surface area contributed by atoms with Gasteiger partial charge >= 0.3 is 0 Å². The number of aryl methyl sites for hydroxylation is 1. The Kier molecular flexibility index (Phi) is 2.91. The first-order valence-electron chi connectivity index (χ1n) is 4.56. The van der Waals surface area contributed by atoms with Crippen molar-refractivity contribution < 1.29 is 4.79 Å². The summed E-state index contributed by atoms with van der Waals surface area (Å²) in [5.74, 6) is -0.474. The first kappa shape index (κ1) is 10.7. The summed E-state index contributed by atoms with van der Waals surface area (Å²) in [4.78, 5) is 11.0. The van der Waals surface area contributed by atoms with Crippen LogP contribution in [0.2, 0.25) is 0 Å². The summed E-state index contributed by atoms with van der Waals surface area (Å²) in [6.07, 6.45) is 0.475. The van der Waals surface area contributed by atoms with Crippen LogP contribution in [0.1, 0.15) is 18.1 Å². The molecule has 0 fully saturated rings. The smallest absolute Gasteiger partial charge is 0.237 e. The van der Waals surface area contributed by atoms with Crippen LogP contribution < -0.4 is 11.5 Å². The van der Waals surface area contributed by atoms with E-state index in [1.54, 1.807) is 6.92 Å². The van der Waals surface area contributed by atoms with Gasteiger partial charge in [-0.1, -0.05) is 29.8 Å². The van der Waals surface area contributed by atoms with E-state index in [0.717, 1.165) is 5.56 Å². The van der Waals surface area contributed by atoms with Crippen LogP contribution in [-0.2, 0) is 11.2 Å². The number of carbonyl (C=O) groups excluding carboxylic acids is 1. The lowest BCUT2D eigenvalue weighted by atomic mass is 9.93. The number of hydrogen-bond acceptors (Lipinski definition) is 2. The zero-order valence-electron chi connectivity index (χ0n) is 8.58. The fraction of sp³-hybridized carbons (Fsp3) is 0.364. The Morgan fingerprint density at radius 1 is 1.36 bits per heavy atom. The van der Waals surface area contributed by atoms with Gasteiger partial charge in [-0.3, -0.25) is 4.79 Å². The largest absolute Gasteiger partial charge is 0.368 e. The van der Waals surface area contributed by atoms with E-state index in [-0.39, 0.29) is 0 Å². The molecule has 0 spiro atoms. The Morgan fingerprint density at radius 2 is 1.86 bits per heavy atom. The van der Waals surface area contributed by atoms with Gasteiger partial charge in [-0.2, -0.15) is 0 Å². The fourth-order valence-corrected chi connectivity index (χ4v) is 1.22. The predicted molar refractivity (Wildman–Crippen MR) is 56.7 cm³/mol. The van der Waals surface area contributed by atoms with Crippen molar-refractivity contribution in [3.05, 3.63) is 35.4 Å². The molecule has 0 heterocycles. The van der Waals surface area contributed by atoms with E-state index in [9.17, 15) is 4.79 Å². The second kappa shape index (κ2) is 3.80. The zero-order valence-corrected chi connectivity index (χ0v) is 8.58. The highest BCUT2D eigenvalue weighted by atomic mass is 16.1. The van der Waals surface area contributed by atoms with E-state index in [1.807, 2.05) is 31.2 Å². The van der Waals surface area contributed by atoms with Crippen LogP contribution in [-0.4, -0.2) is 11.4 Å². The Morgan fingerprint density at radius 3 is 2.29 bits per heavy atom. The molecule has 1 atom stereocenters. The molecule has 76 valence electrons. The summed E-state index contributed by atoms with van der Waals surface area (Å²) in [5.41, 5.74) is 12.2. The number of rotatable bonds is 3. The highest BCUT2D eigenvalue weighted by Gasteiger charge is 2.25. The molecule has 0 unspecified atom stereocenters. The molecule has 0 bridgehead atoms. The van der Waals surface area contributed by atoms with Crippen LogP contribution in [0.15, 0.2) is 24.3 Å². The maximum Gasteiger partial charge on any atom is 0.237 e. The molecule has 0 aliphatic carbocycles. The summed E-state index contributed by atoms with van der Waals surface area (Å²) in [6.45, 7) is 3.66.